The van der Waals surface area contributed by atoms with E-state index in [1.54, 1.807) is 22.7 Å². The minimum atomic E-state index is 0.256. The van der Waals surface area contributed by atoms with Crippen molar-refractivity contribution in [2.75, 3.05) is 0 Å². The molecule has 2 heterocycles. The molecule has 1 atom stereocenters. The lowest BCUT2D eigenvalue weighted by Crippen LogP contribution is -2.17. The number of benzene rings is 1. The summed E-state index contributed by atoms with van der Waals surface area (Å²) in [6, 6.07) is 8.51. The van der Waals surface area contributed by atoms with E-state index in [2.05, 4.69) is 40.4 Å². The molecule has 1 aromatic carbocycles. The molecule has 0 saturated heterocycles. The number of rotatable bonds is 4. The number of aromatic nitrogens is 2. The molecule has 0 fully saturated rings. The van der Waals surface area contributed by atoms with Gasteiger partial charge in [-0.1, -0.05) is 12.1 Å². The quantitative estimate of drug-likeness (QED) is 0.790. The van der Waals surface area contributed by atoms with Crippen LogP contribution in [0.15, 0.2) is 35.8 Å². The fourth-order valence-electron chi connectivity index (χ4n) is 1.74. The molecule has 0 aliphatic rings. The lowest BCUT2D eigenvalue weighted by atomic mass is 10.3. The van der Waals surface area contributed by atoms with Crippen molar-refractivity contribution in [2.45, 2.75) is 19.5 Å². The summed E-state index contributed by atoms with van der Waals surface area (Å²) in [5, 5.41) is 7.70. The van der Waals surface area contributed by atoms with Crippen molar-refractivity contribution in [3.05, 3.63) is 45.9 Å². The van der Waals surface area contributed by atoms with E-state index < -0.39 is 0 Å². The van der Waals surface area contributed by atoms with E-state index >= 15 is 0 Å². The van der Waals surface area contributed by atoms with Crippen LogP contribution in [0.5, 0.6) is 0 Å². The van der Waals surface area contributed by atoms with Gasteiger partial charge < -0.3 is 5.32 Å². The zero-order chi connectivity index (χ0) is 12.4. The van der Waals surface area contributed by atoms with Gasteiger partial charge in [0.05, 0.1) is 16.3 Å². The molecule has 0 saturated carbocycles. The second-order valence-electron chi connectivity index (χ2n) is 4.05. The number of para-hydroxylation sites is 1. The van der Waals surface area contributed by atoms with Crippen LogP contribution in [0.25, 0.3) is 10.2 Å². The van der Waals surface area contributed by atoms with Gasteiger partial charge in [-0.15, -0.1) is 22.7 Å². The predicted molar refractivity (Wildman–Crippen MR) is 77.0 cm³/mol. The molecule has 0 aliphatic heterocycles. The van der Waals surface area contributed by atoms with Crippen molar-refractivity contribution >= 4 is 32.9 Å². The maximum atomic E-state index is 4.65. The van der Waals surface area contributed by atoms with Crippen LogP contribution in [0.3, 0.4) is 0 Å². The topological polar surface area (TPSA) is 37.8 Å². The van der Waals surface area contributed by atoms with Gasteiger partial charge in [0.15, 0.2) is 0 Å². The molecule has 3 aromatic rings. The van der Waals surface area contributed by atoms with Gasteiger partial charge in [-0.25, -0.2) is 9.97 Å². The van der Waals surface area contributed by atoms with E-state index in [0.717, 1.165) is 22.1 Å². The molecule has 0 bridgehead atoms. The summed E-state index contributed by atoms with van der Waals surface area (Å²) in [5.41, 5.74) is 1.08. The van der Waals surface area contributed by atoms with E-state index in [4.69, 9.17) is 0 Å². The number of fused-ring (bicyclic) bond motifs is 1. The van der Waals surface area contributed by atoms with Crippen molar-refractivity contribution in [2.24, 2.45) is 0 Å². The van der Waals surface area contributed by atoms with E-state index in [9.17, 15) is 0 Å². The summed E-state index contributed by atoms with van der Waals surface area (Å²) in [4.78, 5) is 8.92. The highest BCUT2D eigenvalue weighted by molar-refractivity contribution is 7.18. The van der Waals surface area contributed by atoms with Crippen LogP contribution in [-0.2, 0) is 6.54 Å². The summed E-state index contributed by atoms with van der Waals surface area (Å²) >= 11 is 3.43. The third kappa shape index (κ3) is 2.43. The molecule has 3 nitrogen and oxygen atoms in total. The Hall–Kier alpha value is -1.30. The van der Waals surface area contributed by atoms with Crippen molar-refractivity contribution in [1.82, 2.24) is 15.3 Å². The third-order valence-corrected chi connectivity index (χ3v) is 4.72. The molecule has 0 amide bonds. The molecule has 1 unspecified atom stereocenters. The first-order valence-electron chi connectivity index (χ1n) is 5.80. The molecule has 18 heavy (non-hydrogen) atoms. The number of nitrogens with zero attached hydrogens (tertiary/aromatic N) is 2. The maximum absolute atomic E-state index is 4.65. The highest BCUT2D eigenvalue weighted by atomic mass is 32.1. The van der Waals surface area contributed by atoms with Gasteiger partial charge in [0.2, 0.25) is 0 Å². The number of hydrogen-bond donors (Lipinski definition) is 1. The second-order valence-corrected chi connectivity index (χ2v) is 6.09. The third-order valence-electron chi connectivity index (χ3n) is 2.72. The number of hydrogen-bond acceptors (Lipinski definition) is 5. The van der Waals surface area contributed by atoms with Crippen molar-refractivity contribution < 1.29 is 0 Å². The second kappa shape index (κ2) is 5.14. The van der Waals surface area contributed by atoms with Crippen LogP contribution in [0.2, 0.25) is 0 Å². The summed E-state index contributed by atoms with van der Waals surface area (Å²) in [5.74, 6) is 0. The highest BCUT2D eigenvalue weighted by Crippen LogP contribution is 2.26. The fourth-order valence-corrected chi connectivity index (χ4v) is 3.30. The molecule has 3 rings (SSSR count). The van der Waals surface area contributed by atoms with Crippen LogP contribution >= 0.6 is 22.7 Å². The maximum Gasteiger partial charge on any atom is 0.111 e. The average molecular weight is 275 g/mol. The van der Waals surface area contributed by atoms with Crippen LogP contribution in [-0.4, -0.2) is 9.97 Å². The fraction of sp³-hybridized carbons (Fsp3) is 0.231. The Kier molecular flexibility index (Phi) is 3.36. The normalized spacial score (nSPS) is 12.9. The first-order valence-corrected chi connectivity index (χ1v) is 7.50. The minimum absolute atomic E-state index is 0.256. The van der Waals surface area contributed by atoms with Gasteiger partial charge in [-0.05, 0) is 19.1 Å². The zero-order valence-corrected chi connectivity index (χ0v) is 11.6. The summed E-state index contributed by atoms with van der Waals surface area (Å²) in [6.07, 6.45) is 1.84. The number of thiazole rings is 2. The zero-order valence-electron chi connectivity index (χ0n) is 9.96. The molecule has 0 radical (unpaired) electrons. The molecule has 2 aromatic heterocycles. The van der Waals surface area contributed by atoms with Gasteiger partial charge >= 0.3 is 0 Å². The largest absolute Gasteiger partial charge is 0.302 e. The summed E-state index contributed by atoms with van der Waals surface area (Å²) < 4.78 is 1.25. The molecule has 1 N–H and O–H groups in total. The van der Waals surface area contributed by atoms with Gasteiger partial charge in [-0.3, -0.25) is 0 Å². The van der Waals surface area contributed by atoms with E-state index in [-0.39, 0.29) is 6.04 Å². The Labute approximate surface area is 114 Å². The standard InChI is InChI=1S/C13H13N3S2/c1-9(15-8-12-14-6-7-17-12)13-16-10-4-2-3-5-11(10)18-13/h2-7,9,15H,8H2,1H3. The SMILES string of the molecule is CC(NCc1nccs1)c1nc2ccccc2s1. The first kappa shape index (κ1) is 11.8. The molecule has 0 aliphatic carbocycles. The van der Waals surface area contributed by atoms with E-state index in [1.807, 2.05) is 17.6 Å². The Morgan fingerprint density at radius 2 is 2.22 bits per heavy atom. The van der Waals surface area contributed by atoms with Crippen molar-refractivity contribution in [1.29, 1.82) is 0 Å². The monoisotopic (exact) mass is 275 g/mol. The van der Waals surface area contributed by atoms with Crippen LogP contribution in [0.4, 0.5) is 0 Å². The smallest absolute Gasteiger partial charge is 0.111 e. The summed E-state index contributed by atoms with van der Waals surface area (Å²) in [7, 11) is 0. The Balaban J connectivity index is 1.73. The average Bonchev–Trinajstić information content (AvgIpc) is 3.04. The molecular formula is C13H13N3S2. The molecular weight excluding hydrogens is 262 g/mol. The lowest BCUT2D eigenvalue weighted by molar-refractivity contribution is 0.571. The van der Waals surface area contributed by atoms with Gasteiger partial charge in [-0.2, -0.15) is 0 Å². The van der Waals surface area contributed by atoms with Gasteiger partial charge in [0, 0.05) is 18.1 Å². The lowest BCUT2D eigenvalue weighted by Gasteiger charge is -2.08. The first-order chi connectivity index (χ1) is 8.83. The van der Waals surface area contributed by atoms with E-state index in [0.29, 0.717) is 0 Å². The predicted octanol–water partition coefficient (Wildman–Crippen LogP) is 3.60. The van der Waals surface area contributed by atoms with E-state index in [1.165, 1.54) is 4.70 Å². The van der Waals surface area contributed by atoms with Crippen molar-refractivity contribution in [3.8, 4) is 0 Å². The minimum Gasteiger partial charge on any atom is -0.302 e. The van der Waals surface area contributed by atoms with Crippen molar-refractivity contribution in [3.63, 3.8) is 0 Å². The van der Waals surface area contributed by atoms with Crippen LogP contribution < -0.4 is 5.32 Å². The molecule has 5 heteroatoms. The van der Waals surface area contributed by atoms with Crippen LogP contribution in [0.1, 0.15) is 23.0 Å². The van der Waals surface area contributed by atoms with Gasteiger partial charge in [0.1, 0.15) is 10.0 Å². The molecule has 92 valence electrons. The molecule has 0 spiro atoms. The Morgan fingerprint density at radius 3 is 3.00 bits per heavy atom. The van der Waals surface area contributed by atoms with Gasteiger partial charge in [0.25, 0.3) is 0 Å². The van der Waals surface area contributed by atoms with Crippen LogP contribution in [0, 0.1) is 0 Å². The highest BCUT2D eigenvalue weighted by Gasteiger charge is 2.11. The summed E-state index contributed by atoms with van der Waals surface area (Å²) in [6.45, 7) is 2.94. The number of nitrogens with one attached hydrogen (secondary N) is 1. The Morgan fingerprint density at radius 1 is 1.33 bits per heavy atom. The Bertz CT molecular complexity index is 598.